The fraction of sp³-hybridized carbons (Fsp3) is 0.917. The van der Waals surface area contributed by atoms with Crippen LogP contribution in [0.2, 0.25) is 0 Å². The van der Waals surface area contributed by atoms with Crippen molar-refractivity contribution < 1.29 is 14.6 Å². The Morgan fingerprint density at radius 1 is 1.65 bits per heavy atom. The highest BCUT2D eigenvalue weighted by atomic mass is 32.2. The number of carboxylic acid groups (broad SMARTS) is 1. The van der Waals surface area contributed by atoms with E-state index in [1.165, 1.54) is 0 Å². The van der Waals surface area contributed by atoms with Gasteiger partial charge in [-0.15, -0.1) is 0 Å². The molecule has 0 aromatic heterocycles. The zero-order valence-electron chi connectivity index (χ0n) is 10.7. The summed E-state index contributed by atoms with van der Waals surface area (Å²) in [5.41, 5.74) is -0.793. The maximum absolute atomic E-state index is 11.2. The molecule has 0 radical (unpaired) electrons. The number of rotatable bonds is 8. The number of hydrogen-bond donors (Lipinski definition) is 2. The molecular weight excluding hydrogens is 238 g/mol. The first kappa shape index (κ1) is 14.8. The molecule has 1 aliphatic heterocycles. The maximum Gasteiger partial charge on any atom is 0.323 e. The lowest BCUT2D eigenvalue weighted by Gasteiger charge is -2.25. The van der Waals surface area contributed by atoms with Crippen molar-refractivity contribution in [2.75, 3.05) is 24.7 Å². The number of nitrogens with one attached hydrogen (secondary N) is 1. The monoisotopic (exact) mass is 261 g/mol. The number of ether oxygens (including phenoxy) is 1. The molecule has 0 aromatic carbocycles. The summed E-state index contributed by atoms with van der Waals surface area (Å²) in [4.78, 5) is 11.2. The lowest BCUT2D eigenvalue weighted by Crippen LogP contribution is -2.49. The highest BCUT2D eigenvalue weighted by Crippen LogP contribution is 2.20. The number of thioether (sulfide) groups is 1. The van der Waals surface area contributed by atoms with Gasteiger partial charge in [-0.2, -0.15) is 11.8 Å². The standard InChI is InChI=1S/C12H23NO3S/c1-3-13-12(2,11(14)15)6-8-17-9-10-5-4-7-16-10/h10,13H,3-9H2,1-2H3,(H,14,15). The average molecular weight is 261 g/mol. The molecule has 1 fully saturated rings. The van der Waals surface area contributed by atoms with E-state index >= 15 is 0 Å². The van der Waals surface area contributed by atoms with Gasteiger partial charge in [0.1, 0.15) is 5.54 Å². The fourth-order valence-corrected chi connectivity index (χ4v) is 3.17. The first-order valence-corrected chi connectivity index (χ1v) is 7.41. The predicted octanol–water partition coefficient (Wildman–Crippen LogP) is 1.74. The van der Waals surface area contributed by atoms with Crippen LogP contribution in [0.3, 0.4) is 0 Å². The summed E-state index contributed by atoms with van der Waals surface area (Å²) in [5.74, 6) is 1.08. The summed E-state index contributed by atoms with van der Waals surface area (Å²) in [6, 6.07) is 0. The molecule has 0 aromatic rings. The van der Waals surface area contributed by atoms with Crippen molar-refractivity contribution in [1.82, 2.24) is 5.32 Å². The van der Waals surface area contributed by atoms with Gasteiger partial charge in [0.15, 0.2) is 0 Å². The van der Waals surface area contributed by atoms with Crippen molar-refractivity contribution >= 4 is 17.7 Å². The van der Waals surface area contributed by atoms with Crippen LogP contribution in [0.1, 0.15) is 33.1 Å². The van der Waals surface area contributed by atoms with Crippen LogP contribution in [-0.4, -0.2) is 47.4 Å². The van der Waals surface area contributed by atoms with Crippen molar-refractivity contribution in [2.45, 2.75) is 44.8 Å². The van der Waals surface area contributed by atoms with Gasteiger partial charge in [-0.25, -0.2) is 0 Å². The molecule has 2 N–H and O–H groups in total. The minimum Gasteiger partial charge on any atom is -0.480 e. The number of carbonyl (C=O) groups is 1. The first-order valence-electron chi connectivity index (χ1n) is 6.26. The highest BCUT2D eigenvalue weighted by Gasteiger charge is 2.31. The van der Waals surface area contributed by atoms with Gasteiger partial charge >= 0.3 is 5.97 Å². The number of carboxylic acids is 1. The zero-order valence-corrected chi connectivity index (χ0v) is 11.5. The molecule has 2 atom stereocenters. The van der Waals surface area contributed by atoms with E-state index in [1.54, 1.807) is 18.7 Å². The van der Waals surface area contributed by atoms with E-state index < -0.39 is 11.5 Å². The van der Waals surface area contributed by atoms with Crippen LogP contribution in [0, 0.1) is 0 Å². The second-order valence-corrected chi connectivity index (χ2v) is 5.78. The van der Waals surface area contributed by atoms with Gasteiger partial charge < -0.3 is 15.2 Å². The van der Waals surface area contributed by atoms with E-state index in [0.717, 1.165) is 31.0 Å². The van der Waals surface area contributed by atoms with Crippen LogP contribution in [0.4, 0.5) is 0 Å². The molecule has 0 aliphatic carbocycles. The molecule has 0 amide bonds. The van der Waals surface area contributed by atoms with E-state index in [2.05, 4.69) is 5.32 Å². The largest absolute Gasteiger partial charge is 0.480 e. The van der Waals surface area contributed by atoms with Crippen molar-refractivity contribution in [3.05, 3.63) is 0 Å². The molecule has 1 aliphatic rings. The SMILES string of the molecule is CCNC(C)(CCSCC1CCCO1)C(=O)O. The molecule has 17 heavy (non-hydrogen) atoms. The molecule has 4 nitrogen and oxygen atoms in total. The zero-order chi connectivity index (χ0) is 12.7. The van der Waals surface area contributed by atoms with E-state index in [9.17, 15) is 9.90 Å². The summed E-state index contributed by atoms with van der Waals surface area (Å²) >= 11 is 1.79. The topological polar surface area (TPSA) is 58.6 Å². The molecule has 5 heteroatoms. The van der Waals surface area contributed by atoms with Crippen molar-refractivity contribution in [2.24, 2.45) is 0 Å². The van der Waals surface area contributed by atoms with E-state index in [-0.39, 0.29) is 0 Å². The van der Waals surface area contributed by atoms with Gasteiger partial charge in [0.05, 0.1) is 6.10 Å². The summed E-state index contributed by atoms with van der Waals surface area (Å²) in [6.45, 7) is 5.25. The Bertz CT molecular complexity index is 244. The van der Waals surface area contributed by atoms with Crippen LogP contribution in [-0.2, 0) is 9.53 Å². The Kier molecular flexibility index (Phi) is 6.30. The smallest absolute Gasteiger partial charge is 0.323 e. The van der Waals surface area contributed by atoms with Crippen LogP contribution < -0.4 is 5.32 Å². The third-order valence-electron chi connectivity index (χ3n) is 3.11. The summed E-state index contributed by atoms with van der Waals surface area (Å²) < 4.78 is 5.53. The Morgan fingerprint density at radius 3 is 2.94 bits per heavy atom. The van der Waals surface area contributed by atoms with Gasteiger partial charge in [-0.05, 0) is 38.5 Å². The molecule has 2 unspecified atom stereocenters. The minimum atomic E-state index is -0.793. The highest BCUT2D eigenvalue weighted by molar-refractivity contribution is 7.99. The molecule has 0 bridgehead atoms. The van der Waals surface area contributed by atoms with E-state index in [1.807, 2.05) is 6.92 Å². The summed E-state index contributed by atoms with van der Waals surface area (Å²) in [6.07, 6.45) is 3.34. The predicted molar refractivity (Wildman–Crippen MR) is 70.6 cm³/mol. The Balaban J connectivity index is 2.20. The molecule has 1 heterocycles. The van der Waals surface area contributed by atoms with Gasteiger partial charge in [0, 0.05) is 12.4 Å². The van der Waals surface area contributed by atoms with Crippen molar-refractivity contribution in [3.8, 4) is 0 Å². The van der Waals surface area contributed by atoms with Gasteiger partial charge in [0.25, 0.3) is 0 Å². The van der Waals surface area contributed by atoms with Crippen LogP contribution in [0.5, 0.6) is 0 Å². The minimum absolute atomic E-state index is 0.384. The number of likely N-dealkylation sites (N-methyl/N-ethyl adjacent to an activating group) is 1. The van der Waals surface area contributed by atoms with Crippen LogP contribution in [0.15, 0.2) is 0 Å². The molecule has 100 valence electrons. The molecule has 0 saturated carbocycles. The number of hydrogen-bond acceptors (Lipinski definition) is 4. The lowest BCUT2D eigenvalue weighted by molar-refractivity contribution is -0.144. The average Bonchev–Trinajstić information content (AvgIpc) is 2.77. The molecule has 0 spiro atoms. The third-order valence-corrected chi connectivity index (χ3v) is 4.21. The van der Waals surface area contributed by atoms with Gasteiger partial charge in [0.2, 0.25) is 0 Å². The van der Waals surface area contributed by atoms with Gasteiger partial charge in [-0.1, -0.05) is 6.92 Å². The Hall–Kier alpha value is -0.260. The second-order valence-electron chi connectivity index (χ2n) is 4.63. The fourth-order valence-electron chi connectivity index (χ4n) is 1.93. The second kappa shape index (κ2) is 7.24. The van der Waals surface area contributed by atoms with Crippen molar-refractivity contribution in [1.29, 1.82) is 0 Å². The maximum atomic E-state index is 11.2. The lowest BCUT2D eigenvalue weighted by atomic mass is 9.99. The number of aliphatic carboxylic acids is 1. The Labute approximate surface area is 107 Å². The summed E-state index contributed by atoms with van der Waals surface area (Å²) in [7, 11) is 0. The summed E-state index contributed by atoms with van der Waals surface area (Å²) in [5, 5.41) is 12.2. The Morgan fingerprint density at radius 2 is 2.41 bits per heavy atom. The molecule has 1 saturated heterocycles. The molecule has 1 rings (SSSR count). The van der Waals surface area contributed by atoms with Crippen LogP contribution in [0.25, 0.3) is 0 Å². The van der Waals surface area contributed by atoms with Crippen LogP contribution >= 0.6 is 11.8 Å². The normalized spacial score (nSPS) is 23.5. The first-order chi connectivity index (χ1) is 8.08. The van der Waals surface area contributed by atoms with E-state index in [0.29, 0.717) is 19.1 Å². The van der Waals surface area contributed by atoms with Crippen molar-refractivity contribution in [3.63, 3.8) is 0 Å². The quantitative estimate of drug-likeness (QED) is 0.652. The third kappa shape index (κ3) is 4.85. The molecular formula is C12H23NO3S. The van der Waals surface area contributed by atoms with E-state index in [4.69, 9.17) is 4.74 Å². The van der Waals surface area contributed by atoms with Gasteiger partial charge in [-0.3, -0.25) is 4.79 Å².